The van der Waals surface area contributed by atoms with E-state index in [0.717, 1.165) is 5.56 Å². The Morgan fingerprint density at radius 3 is 2.64 bits per heavy atom. The molecule has 0 aliphatic carbocycles. The quantitative estimate of drug-likeness (QED) is 0.280. The van der Waals surface area contributed by atoms with Gasteiger partial charge in [-0.15, -0.1) is 11.8 Å². The maximum Gasteiger partial charge on any atom is 0.303 e. The molecule has 2 unspecified atom stereocenters. The lowest BCUT2D eigenvalue weighted by molar-refractivity contribution is -0.182. The average molecular weight is 428 g/mol. The zero-order valence-corrected chi connectivity index (χ0v) is 17.4. The molecule has 0 aromatic heterocycles. The summed E-state index contributed by atoms with van der Waals surface area (Å²) >= 11 is 7.71. The lowest BCUT2D eigenvalue weighted by Gasteiger charge is -2.43. The van der Waals surface area contributed by atoms with E-state index in [0.29, 0.717) is 10.8 Å². The molecule has 0 radical (unpaired) electrons. The van der Waals surface area contributed by atoms with Crippen LogP contribution in [0.4, 0.5) is 0 Å². The summed E-state index contributed by atoms with van der Waals surface area (Å²) in [6.07, 6.45) is -1.59. The zero-order valence-electron chi connectivity index (χ0n) is 15.8. The predicted octanol–water partition coefficient (Wildman–Crippen LogP) is 4.11. The van der Waals surface area contributed by atoms with Gasteiger partial charge in [0.15, 0.2) is 0 Å². The summed E-state index contributed by atoms with van der Waals surface area (Å²) in [7, 11) is 0. The van der Waals surface area contributed by atoms with E-state index in [1.54, 1.807) is 0 Å². The molecule has 1 aromatic carbocycles. The van der Waals surface area contributed by atoms with Gasteiger partial charge in [-0.2, -0.15) is 0 Å². The molecule has 1 saturated heterocycles. The van der Waals surface area contributed by atoms with Crippen LogP contribution in [0.15, 0.2) is 29.4 Å². The highest BCUT2D eigenvalue weighted by Gasteiger charge is 2.46. The number of carbonyl (C=O) groups excluding carboxylic acids is 2. The first kappa shape index (κ1) is 22.4. The van der Waals surface area contributed by atoms with Gasteiger partial charge >= 0.3 is 11.9 Å². The van der Waals surface area contributed by atoms with E-state index in [-0.39, 0.29) is 18.0 Å². The van der Waals surface area contributed by atoms with Crippen LogP contribution in [0.25, 0.3) is 10.4 Å². The maximum atomic E-state index is 11.5. The molecule has 1 aliphatic heterocycles. The lowest BCUT2D eigenvalue weighted by Crippen LogP contribution is -2.55. The van der Waals surface area contributed by atoms with Crippen LogP contribution in [-0.4, -0.2) is 42.2 Å². The van der Waals surface area contributed by atoms with Gasteiger partial charge < -0.3 is 14.2 Å². The summed E-state index contributed by atoms with van der Waals surface area (Å²) in [5.41, 5.74) is 9.56. The van der Waals surface area contributed by atoms with E-state index < -0.39 is 30.2 Å². The Kier molecular flexibility index (Phi) is 8.44. The van der Waals surface area contributed by atoms with E-state index >= 15 is 0 Å². The van der Waals surface area contributed by atoms with E-state index in [1.165, 1.54) is 25.6 Å². The third-order valence-electron chi connectivity index (χ3n) is 4.28. The number of carbonyl (C=O) groups is 2. The molecule has 8 nitrogen and oxygen atoms in total. The molecule has 1 aromatic rings. The number of thioether (sulfide) groups is 1. The lowest BCUT2D eigenvalue weighted by atomic mass is 9.91. The van der Waals surface area contributed by atoms with Gasteiger partial charge in [0, 0.05) is 35.5 Å². The van der Waals surface area contributed by atoms with Crippen molar-refractivity contribution >= 4 is 35.3 Å². The van der Waals surface area contributed by atoms with Crippen molar-refractivity contribution in [1.82, 2.24) is 0 Å². The van der Waals surface area contributed by atoms with Crippen LogP contribution >= 0.6 is 23.4 Å². The Labute approximate surface area is 172 Å². The van der Waals surface area contributed by atoms with Crippen LogP contribution < -0.4 is 0 Å². The van der Waals surface area contributed by atoms with E-state index in [2.05, 4.69) is 10.0 Å². The van der Waals surface area contributed by atoms with E-state index in [1.807, 2.05) is 31.2 Å². The second-order valence-electron chi connectivity index (χ2n) is 6.38. The van der Waals surface area contributed by atoms with Gasteiger partial charge in [0.1, 0.15) is 24.3 Å². The Bertz CT molecular complexity index is 758. The number of nitrogens with zero attached hydrogens (tertiary/aromatic N) is 3. The van der Waals surface area contributed by atoms with Gasteiger partial charge in [-0.1, -0.05) is 41.8 Å². The van der Waals surface area contributed by atoms with Gasteiger partial charge in [0.2, 0.25) is 0 Å². The summed E-state index contributed by atoms with van der Waals surface area (Å²) < 4.78 is 16.5. The standard InChI is InChI=1S/C18H22ClN3O5S/c1-10-16(21-22-20)17(26-12(3)24)15(8-25-11(2)23)27-18(10)28-9-13-6-4-5-7-14(13)19/h4-7,10,15-18H,8-9H2,1-3H3/t10?,15?,16-,17+,18-/m1/s1. The molecule has 0 amide bonds. The van der Waals surface area contributed by atoms with Gasteiger partial charge in [0.25, 0.3) is 0 Å². The Morgan fingerprint density at radius 2 is 2.04 bits per heavy atom. The molecule has 28 heavy (non-hydrogen) atoms. The van der Waals surface area contributed by atoms with Gasteiger partial charge in [-0.3, -0.25) is 9.59 Å². The molecule has 1 fully saturated rings. The largest absolute Gasteiger partial charge is 0.463 e. The topological polar surface area (TPSA) is 111 Å². The Morgan fingerprint density at radius 1 is 1.32 bits per heavy atom. The normalized spacial score (nSPS) is 26.8. The van der Waals surface area contributed by atoms with Crippen LogP contribution in [0.2, 0.25) is 5.02 Å². The third kappa shape index (κ3) is 6.04. The van der Waals surface area contributed by atoms with E-state index in [4.69, 9.17) is 31.3 Å². The number of hydrogen-bond acceptors (Lipinski definition) is 7. The van der Waals surface area contributed by atoms with Crippen molar-refractivity contribution in [3.63, 3.8) is 0 Å². The zero-order chi connectivity index (χ0) is 20.7. The molecule has 10 heteroatoms. The minimum absolute atomic E-state index is 0.111. The van der Waals surface area contributed by atoms with Crippen LogP contribution in [-0.2, 0) is 29.6 Å². The molecule has 0 N–H and O–H groups in total. The highest BCUT2D eigenvalue weighted by atomic mass is 35.5. The molecule has 1 aliphatic rings. The first-order valence-corrected chi connectivity index (χ1v) is 10.1. The number of azide groups is 1. The Hall–Kier alpha value is -1.93. The molecule has 1 heterocycles. The van der Waals surface area contributed by atoms with Crippen LogP contribution in [0, 0.1) is 5.92 Å². The molecule has 0 saturated carbocycles. The third-order valence-corrected chi connectivity index (χ3v) is 5.99. The highest BCUT2D eigenvalue weighted by Crippen LogP contribution is 2.38. The minimum atomic E-state index is -0.847. The van der Waals surface area contributed by atoms with Crippen molar-refractivity contribution in [1.29, 1.82) is 0 Å². The van der Waals surface area contributed by atoms with Crippen LogP contribution in [0.3, 0.4) is 0 Å². The van der Waals surface area contributed by atoms with Crippen molar-refractivity contribution in [2.75, 3.05) is 6.61 Å². The highest BCUT2D eigenvalue weighted by molar-refractivity contribution is 7.99. The molecule has 0 bridgehead atoms. The fourth-order valence-electron chi connectivity index (χ4n) is 2.93. The number of halogens is 1. The van der Waals surface area contributed by atoms with Crippen molar-refractivity contribution in [2.24, 2.45) is 11.0 Å². The summed E-state index contributed by atoms with van der Waals surface area (Å²) in [5, 5.41) is 4.49. The summed E-state index contributed by atoms with van der Waals surface area (Å²) in [5.74, 6) is -0.685. The second kappa shape index (κ2) is 10.6. The fraction of sp³-hybridized carbons (Fsp3) is 0.556. The number of benzene rings is 1. The second-order valence-corrected chi connectivity index (χ2v) is 7.87. The van der Waals surface area contributed by atoms with Crippen molar-refractivity contribution in [2.45, 2.75) is 50.2 Å². The van der Waals surface area contributed by atoms with Crippen LogP contribution in [0.5, 0.6) is 0 Å². The molecule has 152 valence electrons. The monoisotopic (exact) mass is 427 g/mol. The van der Waals surface area contributed by atoms with E-state index in [9.17, 15) is 9.59 Å². The van der Waals surface area contributed by atoms with Crippen molar-refractivity contribution in [3.8, 4) is 0 Å². The smallest absolute Gasteiger partial charge is 0.303 e. The average Bonchev–Trinajstić information content (AvgIpc) is 2.64. The molecular weight excluding hydrogens is 406 g/mol. The molecule has 2 rings (SSSR count). The van der Waals surface area contributed by atoms with Crippen LogP contribution in [0.1, 0.15) is 26.3 Å². The van der Waals surface area contributed by atoms with Crippen molar-refractivity contribution in [3.05, 3.63) is 45.3 Å². The predicted molar refractivity (Wildman–Crippen MR) is 106 cm³/mol. The number of rotatable bonds is 7. The number of esters is 2. The Balaban J connectivity index is 2.21. The van der Waals surface area contributed by atoms with Gasteiger partial charge in [-0.25, -0.2) is 0 Å². The fourth-order valence-corrected chi connectivity index (χ4v) is 4.50. The van der Waals surface area contributed by atoms with Crippen molar-refractivity contribution < 1.29 is 23.8 Å². The summed E-state index contributed by atoms with van der Waals surface area (Å²) in [4.78, 5) is 25.7. The molecule has 0 spiro atoms. The number of ether oxygens (including phenoxy) is 3. The minimum Gasteiger partial charge on any atom is -0.463 e. The van der Waals surface area contributed by atoms with Gasteiger partial charge in [-0.05, 0) is 17.2 Å². The first-order valence-electron chi connectivity index (χ1n) is 8.68. The number of hydrogen-bond donors (Lipinski definition) is 0. The summed E-state index contributed by atoms with van der Waals surface area (Å²) in [6, 6.07) is 6.83. The molecular formula is C18H22ClN3O5S. The maximum absolute atomic E-state index is 11.5. The SMILES string of the molecule is CC(=O)OCC1O[C@H](SCc2ccccc2Cl)C(C)[C@@H](N=[N+]=[N-])[C@H]1OC(C)=O. The summed E-state index contributed by atoms with van der Waals surface area (Å²) in [6.45, 7) is 4.29. The van der Waals surface area contributed by atoms with Gasteiger partial charge in [0.05, 0.1) is 6.04 Å². The first-order chi connectivity index (χ1) is 13.3. The molecule has 5 atom stereocenters.